The van der Waals surface area contributed by atoms with E-state index >= 15 is 0 Å². The van der Waals surface area contributed by atoms with Gasteiger partial charge in [0.1, 0.15) is 5.60 Å². The van der Waals surface area contributed by atoms with Crippen LogP contribution in [0, 0.1) is 28.6 Å². The highest BCUT2D eigenvalue weighted by molar-refractivity contribution is 5.92. The zero-order chi connectivity index (χ0) is 17.4. The molecule has 0 aromatic carbocycles. The zero-order valence-electron chi connectivity index (χ0n) is 15.1. The second kappa shape index (κ2) is 4.75. The largest absolute Gasteiger partial charge is 0.458 e. The van der Waals surface area contributed by atoms with E-state index in [0.717, 1.165) is 25.7 Å². The van der Waals surface area contributed by atoms with Crippen molar-refractivity contribution in [2.45, 2.75) is 58.0 Å². The molecule has 1 saturated heterocycles. The average Bonchev–Trinajstić information content (AvgIpc) is 3.10. The van der Waals surface area contributed by atoms with Crippen molar-refractivity contribution in [3.63, 3.8) is 0 Å². The summed E-state index contributed by atoms with van der Waals surface area (Å²) in [4.78, 5) is 23.8. The van der Waals surface area contributed by atoms with E-state index in [2.05, 4.69) is 38.2 Å². The topological polar surface area (TPSA) is 43.4 Å². The molecule has 132 valence electrons. The van der Waals surface area contributed by atoms with Crippen LogP contribution in [0.4, 0.5) is 0 Å². The molecule has 2 fully saturated rings. The SMILES string of the molecule is CC12CCC(=O)C=C1C=CC1C2C=CC2(C)C1CC[C@@]21CCC(=O)O1. The number of esters is 1. The lowest BCUT2D eigenvalue weighted by atomic mass is 9.51. The third kappa shape index (κ3) is 1.82. The van der Waals surface area contributed by atoms with Crippen LogP contribution in [-0.2, 0) is 14.3 Å². The number of carbonyl (C=O) groups excluding carboxylic acids is 2. The minimum Gasteiger partial charge on any atom is -0.458 e. The van der Waals surface area contributed by atoms with Gasteiger partial charge >= 0.3 is 5.97 Å². The summed E-state index contributed by atoms with van der Waals surface area (Å²) in [7, 11) is 0. The third-order valence-corrected chi connectivity index (χ3v) is 8.28. The fourth-order valence-electron chi connectivity index (χ4n) is 6.67. The summed E-state index contributed by atoms with van der Waals surface area (Å²) in [5.74, 6) is 1.67. The summed E-state index contributed by atoms with van der Waals surface area (Å²) in [6.07, 6.45) is 16.3. The molecular weight excluding hydrogens is 312 g/mol. The zero-order valence-corrected chi connectivity index (χ0v) is 15.1. The number of ether oxygens (including phenoxy) is 1. The van der Waals surface area contributed by atoms with Gasteiger partial charge in [0.2, 0.25) is 0 Å². The van der Waals surface area contributed by atoms with Crippen LogP contribution in [0.25, 0.3) is 0 Å². The van der Waals surface area contributed by atoms with Crippen LogP contribution in [0.3, 0.4) is 0 Å². The lowest BCUT2D eigenvalue weighted by Gasteiger charge is -2.54. The molecule has 1 saturated carbocycles. The van der Waals surface area contributed by atoms with E-state index in [9.17, 15) is 9.59 Å². The Kier molecular flexibility index (Phi) is 2.96. The molecule has 0 aromatic heterocycles. The normalized spacial score (nSPS) is 50.3. The van der Waals surface area contributed by atoms with E-state index in [0.29, 0.717) is 30.6 Å². The van der Waals surface area contributed by atoms with Crippen molar-refractivity contribution in [3.05, 3.63) is 36.0 Å². The van der Waals surface area contributed by atoms with Crippen molar-refractivity contribution in [1.82, 2.24) is 0 Å². The number of carbonyl (C=O) groups is 2. The van der Waals surface area contributed by atoms with Gasteiger partial charge < -0.3 is 4.74 Å². The summed E-state index contributed by atoms with van der Waals surface area (Å²) in [6.45, 7) is 4.64. The van der Waals surface area contributed by atoms with Gasteiger partial charge in [-0.3, -0.25) is 9.59 Å². The summed E-state index contributed by atoms with van der Waals surface area (Å²) < 4.78 is 5.94. The number of hydrogen-bond acceptors (Lipinski definition) is 3. The van der Waals surface area contributed by atoms with Crippen LogP contribution in [0.1, 0.15) is 52.4 Å². The Hall–Kier alpha value is -1.64. The van der Waals surface area contributed by atoms with Gasteiger partial charge in [-0.05, 0) is 60.5 Å². The Balaban J connectivity index is 1.58. The maximum Gasteiger partial charge on any atom is 0.306 e. The van der Waals surface area contributed by atoms with Gasteiger partial charge in [0.15, 0.2) is 5.78 Å². The molecular formula is C22H26O3. The monoisotopic (exact) mass is 338 g/mol. The Morgan fingerprint density at radius 3 is 2.68 bits per heavy atom. The molecule has 1 spiro atoms. The molecule has 0 bridgehead atoms. The molecule has 0 aromatic rings. The fourth-order valence-corrected chi connectivity index (χ4v) is 6.67. The van der Waals surface area contributed by atoms with Crippen molar-refractivity contribution >= 4 is 11.8 Å². The molecule has 3 heteroatoms. The first-order valence-electron chi connectivity index (χ1n) is 9.72. The van der Waals surface area contributed by atoms with E-state index in [-0.39, 0.29) is 28.2 Å². The Bertz CT molecular complexity index is 759. The van der Waals surface area contributed by atoms with Crippen LogP contribution in [0.15, 0.2) is 36.0 Å². The number of rotatable bonds is 0. The van der Waals surface area contributed by atoms with Crippen molar-refractivity contribution in [3.8, 4) is 0 Å². The molecule has 5 aliphatic rings. The Morgan fingerprint density at radius 2 is 1.92 bits per heavy atom. The molecule has 4 aliphatic carbocycles. The average molecular weight is 338 g/mol. The van der Waals surface area contributed by atoms with Crippen LogP contribution in [0.2, 0.25) is 0 Å². The highest BCUT2D eigenvalue weighted by Crippen LogP contribution is 2.66. The van der Waals surface area contributed by atoms with Crippen LogP contribution < -0.4 is 0 Å². The molecule has 1 heterocycles. The number of fused-ring (bicyclic) bond motifs is 6. The molecule has 5 unspecified atom stereocenters. The van der Waals surface area contributed by atoms with Gasteiger partial charge in [0, 0.05) is 18.3 Å². The van der Waals surface area contributed by atoms with Crippen LogP contribution >= 0.6 is 0 Å². The molecule has 25 heavy (non-hydrogen) atoms. The molecule has 0 amide bonds. The van der Waals surface area contributed by atoms with E-state index < -0.39 is 0 Å². The number of hydrogen-bond donors (Lipinski definition) is 0. The van der Waals surface area contributed by atoms with Crippen molar-refractivity contribution in [1.29, 1.82) is 0 Å². The van der Waals surface area contributed by atoms with Crippen LogP contribution in [0.5, 0.6) is 0 Å². The van der Waals surface area contributed by atoms with Gasteiger partial charge in [0.25, 0.3) is 0 Å². The molecule has 6 atom stereocenters. The quantitative estimate of drug-likeness (QED) is 0.492. The second-order valence-corrected chi connectivity index (χ2v) is 9.20. The maximum absolute atomic E-state index is 11.9. The van der Waals surface area contributed by atoms with Gasteiger partial charge in [-0.2, -0.15) is 0 Å². The van der Waals surface area contributed by atoms with Crippen molar-refractivity contribution in [2.24, 2.45) is 28.6 Å². The second-order valence-electron chi connectivity index (χ2n) is 9.20. The lowest BCUT2D eigenvalue weighted by molar-refractivity contribution is -0.156. The molecule has 0 radical (unpaired) electrons. The van der Waals surface area contributed by atoms with Gasteiger partial charge in [-0.25, -0.2) is 0 Å². The van der Waals surface area contributed by atoms with E-state index in [1.165, 1.54) is 5.57 Å². The minimum atomic E-state index is -0.288. The molecule has 3 nitrogen and oxygen atoms in total. The summed E-state index contributed by atoms with van der Waals surface area (Å²) in [5.41, 5.74) is 0.919. The van der Waals surface area contributed by atoms with Gasteiger partial charge in [-0.15, -0.1) is 0 Å². The Labute approximate surface area is 149 Å². The standard InChI is InChI=1S/C22H26O3/c1-20-9-5-15(23)13-14(20)3-4-16-17(20)6-10-21(2)18(16)7-11-22(21)12-8-19(24)25-22/h3-4,6,10,13,16-18H,5,7-9,11-12H2,1-2H3/t16?,17?,18?,20?,21?,22-/m1/s1. The van der Waals surface area contributed by atoms with E-state index in [1.54, 1.807) is 0 Å². The lowest BCUT2D eigenvalue weighted by Crippen LogP contribution is -2.51. The molecule has 1 aliphatic heterocycles. The van der Waals surface area contributed by atoms with E-state index in [1.807, 2.05) is 6.08 Å². The van der Waals surface area contributed by atoms with Gasteiger partial charge in [-0.1, -0.05) is 38.2 Å². The third-order valence-electron chi connectivity index (χ3n) is 8.28. The fraction of sp³-hybridized carbons (Fsp3) is 0.636. The summed E-state index contributed by atoms with van der Waals surface area (Å²) in [6, 6.07) is 0. The predicted molar refractivity (Wildman–Crippen MR) is 94.6 cm³/mol. The van der Waals surface area contributed by atoms with Crippen LogP contribution in [-0.4, -0.2) is 17.4 Å². The summed E-state index contributed by atoms with van der Waals surface area (Å²) in [5, 5.41) is 0. The maximum atomic E-state index is 11.9. The first kappa shape index (κ1) is 15.6. The Morgan fingerprint density at radius 1 is 1.08 bits per heavy atom. The molecule has 0 N–H and O–H groups in total. The van der Waals surface area contributed by atoms with E-state index in [4.69, 9.17) is 4.74 Å². The minimum absolute atomic E-state index is 0.0282. The number of ketones is 1. The van der Waals surface area contributed by atoms with Crippen molar-refractivity contribution < 1.29 is 14.3 Å². The smallest absolute Gasteiger partial charge is 0.306 e. The first-order chi connectivity index (χ1) is 11.9. The number of allylic oxidation sites excluding steroid dienone is 5. The highest BCUT2D eigenvalue weighted by atomic mass is 16.6. The first-order valence-corrected chi connectivity index (χ1v) is 9.72. The summed E-state index contributed by atoms with van der Waals surface area (Å²) >= 11 is 0. The van der Waals surface area contributed by atoms with Gasteiger partial charge in [0.05, 0.1) is 0 Å². The predicted octanol–water partition coefficient (Wildman–Crippen LogP) is 4.15. The molecule has 5 rings (SSSR count). The highest BCUT2D eigenvalue weighted by Gasteiger charge is 2.65. The van der Waals surface area contributed by atoms with Crippen molar-refractivity contribution in [2.75, 3.05) is 0 Å².